The molecule has 1 fully saturated rings. The molecular formula is C15H21N3O. The summed E-state index contributed by atoms with van der Waals surface area (Å²) in [5, 5.41) is 8.03. The van der Waals surface area contributed by atoms with Gasteiger partial charge in [-0.15, -0.1) is 0 Å². The monoisotopic (exact) mass is 259 g/mol. The van der Waals surface area contributed by atoms with Crippen LogP contribution in [0.5, 0.6) is 0 Å². The van der Waals surface area contributed by atoms with E-state index in [1.54, 1.807) is 0 Å². The Kier molecular flexibility index (Phi) is 3.82. The van der Waals surface area contributed by atoms with Gasteiger partial charge in [-0.05, 0) is 13.1 Å². The molecule has 0 spiro atoms. The Bertz CT molecular complexity index is 531. The number of para-hydroxylation sites is 1. The first-order valence-corrected chi connectivity index (χ1v) is 6.95. The van der Waals surface area contributed by atoms with E-state index >= 15 is 0 Å². The Morgan fingerprint density at radius 3 is 2.89 bits per heavy atom. The SMILES string of the molecule is CNC(CN1CCNCC1)c1coc2ccccc12. The topological polar surface area (TPSA) is 40.4 Å². The van der Waals surface area contributed by atoms with E-state index in [4.69, 9.17) is 4.42 Å². The molecule has 1 atom stereocenters. The maximum atomic E-state index is 5.65. The third-order valence-corrected chi connectivity index (χ3v) is 3.89. The Labute approximate surface area is 113 Å². The lowest BCUT2D eigenvalue weighted by molar-refractivity contribution is 0.219. The van der Waals surface area contributed by atoms with E-state index in [1.807, 2.05) is 25.4 Å². The molecule has 1 aliphatic heterocycles. The van der Waals surface area contributed by atoms with E-state index in [2.05, 4.69) is 27.7 Å². The van der Waals surface area contributed by atoms with Crippen LogP contribution in [0.25, 0.3) is 11.0 Å². The first-order valence-electron chi connectivity index (χ1n) is 6.95. The van der Waals surface area contributed by atoms with Gasteiger partial charge in [-0.1, -0.05) is 18.2 Å². The first-order chi connectivity index (χ1) is 9.38. The summed E-state index contributed by atoms with van der Waals surface area (Å²) in [6.07, 6.45) is 1.90. The number of hydrogen-bond acceptors (Lipinski definition) is 4. The highest BCUT2D eigenvalue weighted by molar-refractivity contribution is 5.81. The lowest BCUT2D eigenvalue weighted by atomic mass is 10.1. The first kappa shape index (κ1) is 12.7. The van der Waals surface area contributed by atoms with E-state index in [-0.39, 0.29) is 0 Å². The predicted molar refractivity (Wildman–Crippen MR) is 77.3 cm³/mol. The second kappa shape index (κ2) is 5.74. The lowest BCUT2D eigenvalue weighted by Gasteiger charge is -2.30. The van der Waals surface area contributed by atoms with Gasteiger partial charge in [-0.25, -0.2) is 0 Å². The third kappa shape index (κ3) is 2.66. The number of nitrogens with one attached hydrogen (secondary N) is 2. The summed E-state index contributed by atoms with van der Waals surface area (Å²) in [5.74, 6) is 0. The third-order valence-electron chi connectivity index (χ3n) is 3.89. The van der Waals surface area contributed by atoms with Gasteiger partial charge in [0.2, 0.25) is 0 Å². The highest BCUT2D eigenvalue weighted by atomic mass is 16.3. The molecular weight excluding hydrogens is 238 g/mol. The number of nitrogens with zero attached hydrogens (tertiary/aromatic N) is 1. The van der Waals surface area contributed by atoms with Crippen LogP contribution in [0.3, 0.4) is 0 Å². The summed E-state index contributed by atoms with van der Waals surface area (Å²) in [5.41, 5.74) is 2.23. The van der Waals surface area contributed by atoms with Crippen molar-refractivity contribution in [3.8, 4) is 0 Å². The van der Waals surface area contributed by atoms with Crippen LogP contribution in [0.4, 0.5) is 0 Å². The highest BCUT2D eigenvalue weighted by Gasteiger charge is 2.19. The number of hydrogen-bond donors (Lipinski definition) is 2. The molecule has 2 heterocycles. The Hall–Kier alpha value is -1.36. The maximum absolute atomic E-state index is 5.65. The Balaban J connectivity index is 1.81. The second-order valence-corrected chi connectivity index (χ2v) is 5.08. The summed E-state index contributed by atoms with van der Waals surface area (Å²) in [6, 6.07) is 8.56. The van der Waals surface area contributed by atoms with Gasteiger partial charge in [0.25, 0.3) is 0 Å². The van der Waals surface area contributed by atoms with E-state index in [0.29, 0.717) is 6.04 Å². The minimum Gasteiger partial charge on any atom is -0.464 e. The quantitative estimate of drug-likeness (QED) is 0.875. The van der Waals surface area contributed by atoms with E-state index in [9.17, 15) is 0 Å². The minimum atomic E-state index is 0.321. The van der Waals surface area contributed by atoms with Crippen molar-refractivity contribution in [1.29, 1.82) is 0 Å². The van der Waals surface area contributed by atoms with Crippen molar-refractivity contribution < 1.29 is 4.42 Å². The van der Waals surface area contributed by atoms with E-state index in [1.165, 1.54) is 10.9 Å². The maximum Gasteiger partial charge on any atom is 0.134 e. The van der Waals surface area contributed by atoms with Gasteiger partial charge >= 0.3 is 0 Å². The van der Waals surface area contributed by atoms with Crippen molar-refractivity contribution in [2.75, 3.05) is 39.8 Å². The molecule has 0 bridgehead atoms. The van der Waals surface area contributed by atoms with Crippen LogP contribution in [0.15, 0.2) is 34.9 Å². The standard InChI is InChI=1S/C15H21N3O/c1-16-14(10-18-8-6-17-7-9-18)13-11-19-15-5-3-2-4-12(13)15/h2-5,11,14,16-17H,6-10H2,1H3. The fraction of sp³-hybridized carbons (Fsp3) is 0.467. The summed E-state index contributed by atoms with van der Waals surface area (Å²) < 4.78 is 5.65. The zero-order chi connectivity index (χ0) is 13.1. The van der Waals surface area contributed by atoms with Crippen LogP contribution >= 0.6 is 0 Å². The predicted octanol–water partition coefficient (Wildman–Crippen LogP) is 1.60. The van der Waals surface area contributed by atoms with Gasteiger partial charge in [0.05, 0.1) is 6.26 Å². The van der Waals surface area contributed by atoms with Gasteiger partial charge in [0, 0.05) is 49.7 Å². The Morgan fingerprint density at radius 2 is 2.11 bits per heavy atom. The van der Waals surface area contributed by atoms with Crippen LogP contribution in [-0.4, -0.2) is 44.7 Å². The lowest BCUT2D eigenvalue weighted by Crippen LogP contribution is -2.46. The normalized spacial score (nSPS) is 18.8. The highest BCUT2D eigenvalue weighted by Crippen LogP contribution is 2.26. The number of fused-ring (bicyclic) bond motifs is 1. The zero-order valence-electron chi connectivity index (χ0n) is 11.4. The van der Waals surface area contributed by atoms with E-state index < -0.39 is 0 Å². The van der Waals surface area contributed by atoms with Crippen molar-refractivity contribution >= 4 is 11.0 Å². The molecule has 0 aliphatic carbocycles. The molecule has 19 heavy (non-hydrogen) atoms. The van der Waals surface area contributed by atoms with Gasteiger partial charge in [-0.3, -0.25) is 4.90 Å². The fourth-order valence-electron chi connectivity index (χ4n) is 2.77. The van der Waals surface area contributed by atoms with Gasteiger partial charge < -0.3 is 15.1 Å². The largest absolute Gasteiger partial charge is 0.464 e. The zero-order valence-corrected chi connectivity index (χ0v) is 11.4. The summed E-state index contributed by atoms with van der Waals surface area (Å²) in [7, 11) is 2.02. The molecule has 4 heteroatoms. The van der Waals surface area contributed by atoms with Crippen molar-refractivity contribution in [2.24, 2.45) is 0 Å². The van der Waals surface area contributed by atoms with Gasteiger partial charge in [0.15, 0.2) is 0 Å². The number of rotatable bonds is 4. The van der Waals surface area contributed by atoms with Gasteiger partial charge in [0.1, 0.15) is 5.58 Å². The number of benzene rings is 1. The smallest absolute Gasteiger partial charge is 0.134 e. The number of likely N-dealkylation sites (N-methyl/N-ethyl adjacent to an activating group) is 1. The molecule has 1 unspecified atom stereocenters. The molecule has 1 saturated heterocycles. The average molecular weight is 259 g/mol. The summed E-state index contributed by atoms with van der Waals surface area (Å²) >= 11 is 0. The molecule has 3 rings (SSSR count). The molecule has 4 nitrogen and oxygen atoms in total. The van der Waals surface area contributed by atoms with Gasteiger partial charge in [-0.2, -0.15) is 0 Å². The molecule has 0 saturated carbocycles. The van der Waals surface area contributed by atoms with E-state index in [0.717, 1.165) is 38.3 Å². The minimum absolute atomic E-state index is 0.321. The molecule has 2 aromatic rings. The number of furan rings is 1. The van der Waals surface area contributed by atoms with Crippen molar-refractivity contribution in [2.45, 2.75) is 6.04 Å². The molecule has 1 aromatic heterocycles. The molecule has 0 radical (unpaired) electrons. The second-order valence-electron chi connectivity index (χ2n) is 5.08. The molecule has 102 valence electrons. The molecule has 1 aromatic carbocycles. The summed E-state index contributed by atoms with van der Waals surface area (Å²) in [6.45, 7) is 5.44. The molecule has 0 amide bonds. The Morgan fingerprint density at radius 1 is 1.32 bits per heavy atom. The molecule has 1 aliphatic rings. The van der Waals surface area contributed by atoms with Crippen LogP contribution in [0.1, 0.15) is 11.6 Å². The van der Waals surface area contributed by atoms with Crippen LogP contribution in [0, 0.1) is 0 Å². The molecule has 2 N–H and O–H groups in total. The van der Waals surface area contributed by atoms with Crippen LogP contribution in [0.2, 0.25) is 0 Å². The fourth-order valence-corrected chi connectivity index (χ4v) is 2.77. The van der Waals surface area contributed by atoms with Crippen molar-refractivity contribution in [1.82, 2.24) is 15.5 Å². The number of piperazine rings is 1. The van der Waals surface area contributed by atoms with Crippen molar-refractivity contribution in [3.05, 3.63) is 36.1 Å². The van der Waals surface area contributed by atoms with Crippen LogP contribution < -0.4 is 10.6 Å². The van der Waals surface area contributed by atoms with Crippen LogP contribution in [-0.2, 0) is 0 Å². The average Bonchev–Trinajstić information content (AvgIpc) is 2.90. The summed E-state index contributed by atoms with van der Waals surface area (Å²) in [4.78, 5) is 2.50. The van der Waals surface area contributed by atoms with Crippen molar-refractivity contribution in [3.63, 3.8) is 0 Å².